The highest BCUT2D eigenvalue weighted by Gasteiger charge is 2.17. The number of allylic oxidation sites excluding steroid dienone is 1. The van der Waals surface area contributed by atoms with E-state index < -0.39 is 0 Å². The number of unbranched alkanes of at least 4 members (excludes halogenated alkanes) is 2. The molecule has 74 valence electrons. The molecular formula is C11H19NO. The van der Waals surface area contributed by atoms with E-state index in [4.69, 9.17) is 5.73 Å². The van der Waals surface area contributed by atoms with Crippen LogP contribution in [0.3, 0.4) is 0 Å². The molecule has 0 unspecified atom stereocenters. The fourth-order valence-electron chi connectivity index (χ4n) is 1.97. The second-order valence-corrected chi connectivity index (χ2v) is 3.76. The molecule has 0 bridgehead atoms. The summed E-state index contributed by atoms with van der Waals surface area (Å²) in [5.74, 6) is -0.191. The highest BCUT2D eigenvalue weighted by molar-refractivity contribution is 5.93. The van der Waals surface area contributed by atoms with Gasteiger partial charge in [0.2, 0.25) is 5.91 Å². The highest BCUT2D eigenvalue weighted by atomic mass is 16.1. The van der Waals surface area contributed by atoms with Crippen molar-refractivity contribution in [3.05, 3.63) is 11.1 Å². The molecule has 0 heterocycles. The Balaban J connectivity index is 2.45. The van der Waals surface area contributed by atoms with Crippen LogP contribution in [-0.4, -0.2) is 5.91 Å². The molecule has 0 spiro atoms. The topological polar surface area (TPSA) is 43.1 Å². The van der Waals surface area contributed by atoms with E-state index in [9.17, 15) is 4.79 Å². The van der Waals surface area contributed by atoms with Crippen molar-refractivity contribution in [1.29, 1.82) is 0 Å². The zero-order chi connectivity index (χ0) is 9.68. The van der Waals surface area contributed by atoms with Gasteiger partial charge in [-0.15, -0.1) is 0 Å². The average molecular weight is 181 g/mol. The Morgan fingerprint density at radius 1 is 1.38 bits per heavy atom. The smallest absolute Gasteiger partial charge is 0.244 e. The summed E-state index contributed by atoms with van der Waals surface area (Å²) in [6.45, 7) is 2.19. The minimum atomic E-state index is -0.191. The maximum Gasteiger partial charge on any atom is 0.244 e. The standard InChI is InChI=1S/C11H19NO/c1-2-3-4-6-9-7-5-8-10(9)11(12)13/h2-8H2,1H3,(H2,12,13). The molecule has 2 nitrogen and oxygen atoms in total. The molecule has 0 aromatic rings. The summed E-state index contributed by atoms with van der Waals surface area (Å²) in [5, 5.41) is 0. The highest BCUT2D eigenvalue weighted by Crippen LogP contribution is 2.29. The van der Waals surface area contributed by atoms with Gasteiger partial charge in [-0.25, -0.2) is 0 Å². The Hall–Kier alpha value is -0.790. The molecule has 0 saturated carbocycles. The molecule has 1 rings (SSSR count). The maximum atomic E-state index is 11.0. The molecule has 0 radical (unpaired) electrons. The monoisotopic (exact) mass is 181 g/mol. The van der Waals surface area contributed by atoms with Gasteiger partial charge >= 0.3 is 0 Å². The fraction of sp³-hybridized carbons (Fsp3) is 0.727. The third-order valence-corrected chi connectivity index (χ3v) is 2.71. The number of hydrogen-bond acceptors (Lipinski definition) is 1. The lowest BCUT2D eigenvalue weighted by molar-refractivity contribution is -0.114. The van der Waals surface area contributed by atoms with Crippen LogP contribution in [0.15, 0.2) is 11.1 Å². The Morgan fingerprint density at radius 2 is 2.15 bits per heavy atom. The first-order chi connectivity index (χ1) is 6.25. The first kappa shape index (κ1) is 10.3. The normalized spacial score (nSPS) is 16.7. The minimum absolute atomic E-state index is 0.191. The predicted molar refractivity (Wildman–Crippen MR) is 54.2 cm³/mol. The Bertz CT molecular complexity index is 218. The lowest BCUT2D eigenvalue weighted by Crippen LogP contribution is -2.13. The van der Waals surface area contributed by atoms with Crippen molar-refractivity contribution in [1.82, 2.24) is 0 Å². The summed E-state index contributed by atoms with van der Waals surface area (Å²) in [5.41, 5.74) is 7.56. The number of carbonyl (C=O) groups excluding carboxylic acids is 1. The molecule has 13 heavy (non-hydrogen) atoms. The lowest BCUT2D eigenvalue weighted by Gasteiger charge is -2.03. The van der Waals surface area contributed by atoms with Crippen molar-refractivity contribution >= 4 is 5.91 Å². The zero-order valence-electron chi connectivity index (χ0n) is 8.44. The molecule has 0 aromatic heterocycles. The summed E-state index contributed by atoms with van der Waals surface area (Å²) in [6, 6.07) is 0. The van der Waals surface area contributed by atoms with Crippen molar-refractivity contribution in [3.8, 4) is 0 Å². The van der Waals surface area contributed by atoms with Crippen LogP contribution in [0.4, 0.5) is 0 Å². The van der Waals surface area contributed by atoms with Crippen LogP contribution in [0.2, 0.25) is 0 Å². The maximum absolute atomic E-state index is 11.0. The number of amides is 1. The molecule has 2 heteroatoms. The first-order valence-corrected chi connectivity index (χ1v) is 5.26. The molecule has 0 aliphatic heterocycles. The Kier molecular flexibility index (Phi) is 4.00. The van der Waals surface area contributed by atoms with Crippen molar-refractivity contribution in [3.63, 3.8) is 0 Å². The number of primary amides is 1. The van der Waals surface area contributed by atoms with Gasteiger partial charge in [0.1, 0.15) is 0 Å². The lowest BCUT2D eigenvalue weighted by atomic mass is 10.0. The Labute approximate surface area is 80.2 Å². The van der Waals surface area contributed by atoms with E-state index in [1.165, 1.54) is 24.8 Å². The van der Waals surface area contributed by atoms with E-state index in [0.717, 1.165) is 31.3 Å². The van der Waals surface area contributed by atoms with Crippen molar-refractivity contribution in [2.75, 3.05) is 0 Å². The number of hydrogen-bond donors (Lipinski definition) is 1. The van der Waals surface area contributed by atoms with E-state index in [2.05, 4.69) is 6.92 Å². The van der Waals surface area contributed by atoms with Gasteiger partial charge in [-0.05, 0) is 32.1 Å². The fourth-order valence-corrected chi connectivity index (χ4v) is 1.97. The van der Waals surface area contributed by atoms with Crippen LogP contribution in [-0.2, 0) is 4.79 Å². The Morgan fingerprint density at radius 3 is 2.77 bits per heavy atom. The van der Waals surface area contributed by atoms with Crippen LogP contribution in [0.5, 0.6) is 0 Å². The molecule has 1 amide bonds. The van der Waals surface area contributed by atoms with Crippen LogP contribution >= 0.6 is 0 Å². The molecule has 1 aliphatic carbocycles. The number of carbonyl (C=O) groups is 1. The van der Waals surface area contributed by atoms with Gasteiger partial charge in [0.25, 0.3) is 0 Å². The number of nitrogens with two attached hydrogens (primary N) is 1. The van der Waals surface area contributed by atoms with Crippen LogP contribution in [0.1, 0.15) is 51.9 Å². The van der Waals surface area contributed by atoms with Crippen molar-refractivity contribution in [2.45, 2.75) is 51.9 Å². The number of rotatable bonds is 5. The molecular weight excluding hydrogens is 162 g/mol. The third-order valence-electron chi connectivity index (χ3n) is 2.71. The van der Waals surface area contributed by atoms with Crippen LogP contribution in [0.25, 0.3) is 0 Å². The van der Waals surface area contributed by atoms with Crippen LogP contribution < -0.4 is 5.73 Å². The molecule has 0 aromatic carbocycles. The SMILES string of the molecule is CCCCCC1=C(C(N)=O)CCC1. The quantitative estimate of drug-likeness (QED) is 0.651. The van der Waals surface area contributed by atoms with Gasteiger partial charge in [-0.3, -0.25) is 4.79 Å². The molecule has 0 saturated heterocycles. The van der Waals surface area contributed by atoms with Gasteiger partial charge < -0.3 is 5.73 Å². The van der Waals surface area contributed by atoms with Gasteiger partial charge in [0.05, 0.1) is 0 Å². The summed E-state index contributed by atoms with van der Waals surface area (Å²) in [7, 11) is 0. The van der Waals surface area contributed by atoms with Crippen molar-refractivity contribution < 1.29 is 4.79 Å². The van der Waals surface area contributed by atoms with E-state index in [1.807, 2.05) is 0 Å². The average Bonchev–Trinajstić information content (AvgIpc) is 2.53. The summed E-state index contributed by atoms with van der Waals surface area (Å²) in [6.07, 6.45) is 7.93. The second kappa shape index (κ2) is 5.05. The summed E-state index contributed by atoms with van der Waals surface area (Å²) in [4.78, 5) is 11.0. The summed E-state index contributed by atoms with van der Waals surface area (Å²) < 4.78 is 0. The van der Waals surface area contributed by atoms with Gasteiger partial charge in [0, 0.05) is 5.57 Å². The molecule has 0 fully saturated rings. The van der Waals surface area contributed by atoms with E-state index in [-0.39, 0.29) is 5.91 Å². The van der Waals surface area contributed by atoms with E-state index >= 15 is 0 Å². The van der Waals surface area contributed by atoms with Gasteiger partial charge in [-0.2, -0.15) is 0 Å². The van der Waals surface area contributed by atoms with Gasteiger partial charge in [-0.1, -0.05) is 25.3 Å². The van der Waals surface area contributed by atoms with E-state index in [0.29, 0.717) is 0 Å². The third kappa shape index (κ3) is 2.87. The van der Waals surface area contributed by atoms with Gasteiger partial charge in [0.15, 0.2) is 0 Å². The summed E-state index contributed by atoms with van der Waals surface area (Å²) >= 11 is 0. The second-order valence-electron chi connectivity index (χ2n) is 3.76. The largest absolute Gasteiger partial charge is 0.366 e. The predicted octanol–water partition coefficient (Wildman–Crippen LogP) is 2.53. The zero-order valence-corrected chi connectivity index (χ0v) is 8.44. The molecule has 1 aliphatic rings. The molecule has 0 atom stereocenters. The van der Waals surface area contributed by atoms with Crippen molar-refractivity contribution in [2.24, 2.45) is 5.73 Å². The minimum Gasteiger partial charge on any atom is -0.366 e. The van der Waals surface area contributed by atoms with E-state index in [1.54, 1.807) is 0 Å². The molecule has 2 N–H and O–H groups in total. The first-order valence-electron chi connectivity index (χ1n) is 5.26. The van der Waals surface area contributed by atoms with Crippen LogP contribution in [0, 0.1) is 0 Å².